The fraction of sp³-hybridized carbons (Fsp3) is 0.0833. The van der Waals surface area contributed by atoms with Crippen LogP contribution in [0, 0.1) is 12.7 Å². The van der Waals surface area contributed by atoms with Crippen molar-refractivity contribution >= 4 is 27.3 Å². The third-order valence-electron chi connectivity index (χ3n) is 2.54. The van der Waals surface area contributed by atoms with Gasteiger partial charge in [0.1, 0.15) is 10.7 Å². The molecule has 2 rings (SSSR count). The Kier molecular flexibility index (Phi) is 3.73. The van der Waals surface area contributed by atoms with E-state index in [2.05, 4.69) is 9.71 Å². The normalized spacial score (nSPS) is 11.3. The summed E-state index contributed by atoms with van der Waals surface area (Å²) >= 11 is 5.81. The van der Waals surface area contributed by atoms with Crippen LogP contribution < -0.4 is 4.72 Å². The van der Waals surface area contributed by atoms with Gasteiger partial charge in [-0.2, -0.15) is 0 Å². The van der Waals surface area contributed by atoms with E-state index < -0.39 is 15.8 Å². The molecular weight excluding hydrogens is 291 g/mol. The number of hydrogen-bond acceptors (Lipinski definition) is 3. The van der Waals surface area contributed by atoms with Crippen LogP contribution in [0.4, 0.5) is 10.1 Å². The molecule has 4 nitrogen and oxygen atoms in total. The van der Waals surface area contributed by atoms with Crippen molar-refractivity contribution in [3.05, 3.63) is 53.1 Å². The van der Waals surface area contributed by atoms with E-state index in [4.69, 9.17) is 11.6 Å². The second-order valence-electron chi connectivity index (χ2n) is 3.82. The van der Waals surface area contributed by atoms with Gasteiger partial charge in [0.2, 0.25) is 0 Å². The van der Waals surface area contributed by atoms with Crippen molar-refractivity contribution in [1.29, 1.82) is 0 Å². The van der Waals surface area contributed by atoms with Crippen molar-refractivity contribution in [2.75, 3.05) is 4.72 Å². The summed E-state index contributed by atoms with van der Waals surface area (Å²) in [6.07, 6.45) is 2.52. The molecule has 0 aliphatic rings. The quantitative estimate of drug-likeness (QED) is 0.948. The largest absolute Gasteiger partial charge is 0.279 e. The molecule has 0 fully saturated rings. The van der Waals surface area contributed by atoms with E-state index in [9.17, 15) is 12.8 Å². The Hall–Kier alpha value is -1.66. The predicted molar refractivity (Wildman–Crippen MR) is 71.2 cm³/mol. The summed E-state index contributed by atoms with van der Waals surface area (Å²) in [5.74, 6) is -0.488. The molecule has 0 aliphatic heterocycles. The molecule has 0 saturated heterocycles. The molecule has 0 bridgehead atoms. The van der Waals surface area contributed by atoms with E-state index >= 15 is 0 Å². The van der Waals surface area contributed by atoms with Gasteiger partial charge in [-0.15, -0.1) is 0 Å². The fourth-order valence-corrected chi connectivity index (χ4v) is 3.03. The molecule has 0 aliphatic carbocycles. The van der Waals surface area contributed by atoms with Gasteiger partial charge in [-0.3, -0.25) is 9.71 Å². The smallest absolute Gasteiger partial charge is 0.264 e. The minimum Gasteiger partial charge on any atom is -0.279 e. The molecule has 0 radical (unpaired) electrons. The number of benzene rings is 1. The van der Waals surface area contributed by atoms with Gasteiger partial charge in [-0.25, -0.2) is 12.8 Å². The fourth-order valence-electron chi connectivity index (χ4n) is 1.48. The standard InChI is InChI=1S/C12H10ClFN2O2S/c1-8-10(14)3-2-4-11(8)16-19(17,18)12-7-15-6-5-9(12)13/h2-7,16H,1H3. The summed E-state index contributed by atoms with van der Waals surface area (Å²) in [4.78, 5) is 3.56. The zero-order chi connectivity index (χ0) is 14.0. The lowest BCUT2D eigenvalue weighted by molar-refractivity contribution is 0.600. The highest BCUT2D eigenvalue weighted by molar-refractivity contribution is 7.92. The molecular formula is C12H10ClFN2O2S. The summed E-state index contributed by atoms with van der Waals surface area (Å²) in [5.41, 5.74) is 0.381. The van der Waals surface area contributed by atoms with Crippen LogP contribution in [0.1, 0.15) is 5.56 Å². The van der Waals surface area contributed by atoms with E-state index in [0.29, 0.717) is 0 Å². The Labute approximate surface area is 115 Å². The molecule has 0 spiro atoms. The number of aromatic nitrogens is 1. The molecule has 0 atom stereocenters. The second-order valence-corrected chi connectivity index (χ2v) is 5.88. The lowest BCUT2D eigenvalue weighted by atomic mass is 10.2. The van der Waals surface area contributed by atoms with Crippen molar-refractivity contribution in [2.24, 2.45) is 0 Å². The molecule has 7 heteroatoms. The van der Waals surface area contributed by atoms with Gasteiger partial charge in [-0.05, 0) is 25.1 Å². The third-order valence-corrected chi connectivity index (χ3v) is 4.37. The summed E-state index contributed by atoms with van der Waals surface area (Å²) in [6.45, 7) is 1.48. The van der Waals surface area contributed by atoms with Gasteiger partial charge in [0.05, 0.1) is 10.7 Å². The first-order valence-corrected chi connectivity index (χ1v) is 7.15. The van der Waals surface area contributed by atoms with Gasteiger partial charge in [0.15, 0.2) is 0 Å². The Balaban J connectivity index is 2.43. The lowest BCUT2D eigenvalue weighted by Gasteiger charge is -2.11. The molecule has 2 aromatic rings. The van der Waals surface area contributed by atoms with Gasteiger partial charge < -0.3 is 0 Å². The molecule has 100 valence electrons. The Morgan fingerprint density at radius 2 is 2.05 bits per heavy atom. The van der Waals surface area contributed by atoms with Crippen LogP contribution in [0.15, 0.2) is 41.6 Å². The zero-order valence-electron chi connectivity index (χ0n) is 9.89. The highest BCUT2D eigenvalue weighted by Crippen LogP contribution is 2.24. The molecule has 1 aromatic carbocycles. The van der Waals surface area contributed by atoms with Crippen molar-refractivity contribution in [3.8, 4) is 0 Å². The molecule has 0 amide bonds. The van der Waals surface area contributed by atoms with E-state index in [-0.39, 0.29) is 21.2 Å². The summed E-state index contributed by atoms with van der Waals surface area (Å²) < 4.78 is 39.9. The predicted octanol–water partition coefficient (Wildman–Crippen LogP) is 2.98. The number of nitrogens with zero attached hydrogens (tertiary/aromatic N) is 1. The van der Waals surface area contributed by atoms with E-state index in [0.717, 1.165) is 6.20 Å². The van der Waals surface area contributed by atoms with Gasteiger partial charge in [0.25, 0.3) is 10.0 Å². The number of sulfonamides is 1. The third kappa shape index (κ3) is 2.85. The van der Waals surface area contributed by atoms with E-state index in [1.807, 2.05) is 0 Å². The lowest BCUT2D eigenvalue weighted by Crippen LogP contribution is -2.14. The topological polar surface area (TPSA) is 59.1 Å². The highest BCUT2D eigenvalue weighted by atomic mass is 35.5. The van der Waals surface area contributed by atoms with Crippen LogP contribution >= 0.6 is 11.6 Å². The number of anilines is 1. The number of hydrogen-bond donors (Lipinski definition) is 1. The van der Waals surface area contributed by atoms with Gasteiger partial charge in [0, 0.05) is 18.0 Å². The second kappa shape index (κ2) is 5.14. The number of pyridine rings is 1. The SMILES string of the molecule is Cc1c(F)cccc1NS(=O)(=O)c1cnccc1Cl. The van der Waals surface area contributed by atoms with Crippen molar-refractivity contribution in [3.63, 3.8) is 0 Å². The minimum absolute atomic E-state index is 0.0524. The van der Waals surface area contributed by atoms with Crippen LogP contribution in [-0.2, 0) is 10.0 Å². The number of nitrogens with one attached hydrogen (secondary N) is 1. The molecule has 0 unspecified atom stereocenters. The molecule has 1 N–H and O–H groups in total. The first-order chi connectivity index (χ1) is 8.92. The zero-order valence-corrected chi connectivity index (χ0v) is 11.5. The van der Waals surface area contributed by atoms with Crippen LogP contribution in [0.25, 0.3) is 0 Å². The van der Waals surface area contributed by atoms with Gasteiger partial charge >= 0.3 is 0 Å². The van der Waals surface area contributed by atoms with E-state index in [1.165, 1.54) is 37.4 Å². The Morgan fingerprint density at radius 3 is 2.74 bits per heavy atom. The highest BCUT2D eigenvalue weighted by Gasteiger charge is 2.19. The molecule has 0 saturated carbocycles. The monoisotopic (exact) mass is 300 g/mol. The van der Waals surface area contributed by atoms with Crippen molar-refractivity contribution < 1.29 is 12.8 Å². The first kappa shape index (κ1) is 13.8. The number of rotatable bonds is 3. The summed E-state index contributed by atoms with van der Waals surface area (Å²) in [6, 6.07) is 5.52. The molecule has 19 heavy (non-hydrogen) atoms. The van der Waals surface area contributed by atoms with Crippen molar-refractivity contribution in [2.45, 2.75) is 11.8 Å². The van der Waals surface area contributed by atoms with Gasteiger partial charge in [-0.1, -0.05) is 17.7 Å². The maximum absolute atomic E-state index is 13.4. The maximum Gasteiger partial charge on any atom is 0.264 e. The molecule has 1 heterocycles. The van der Waals surface area contributed by atoms with Crippen LogP contribution in [0.3, 0.4) is 0 Å². The Bertz CT molecular complexity index is 719. The maximum atomic E-state index is 13.4. The first-order valence-electron chi connectivity index (χ1n) is 5.29. The van der Waals surface area contributed by atoms with E-state index in [1.54, 1.807) is 0 Å². The van der Waals surface area contributed by atoms with Crippen LogP contribution in [0.2, 0.25) is 5.02 Å². The Morgan fingerprint density at radius 1 is 1.32 bits per heavy atom. The van der Waals surface area contributed by atoms with Crippen molar-refractivity contribution in [1.82, 2.24) is 4.98 Å². The average Bonchev–Trinajstić information content (AvgIpc) is 2.35. The average molecular weight is 301 g/mol. The van der Waals surface area contributed by atoms with Crippen LogP contribution in [-0.4, -0.2) is 13.4 Å². The summed E-state index contributed by atoms with van der Waals surface area (Å²) in [5, 5.41) is 0.0524. The minimum atomic E-state index is -3.89. The molecule has 1 aromatic heterocycles. The summed E-state index contributed by atoms with van der Waals surface area (Å²) in [7, 11) is -3.89. The van der Waals surface area contributed by atoms with Crippen LogP contribution in [0.5, 0.6) is 0 Å². The number of halogens is 2.